The Hall–Kier alpha value is -3.22. The van der Waals surface area contributed by atoms with Crippen LogP contribution in [0.5, 0.6) is 0 Å². The van der Waals surface area contributed by atoms with Crippen molar-refractivity contribution >= 4 is 0 Å². The fourth-order valence-electron chi connectivity index (χ4n) is 3.54. The molecule has 0 aliphatic carbocycles. The summed E-state index contributed by atoms with van der Waals surface area (Å²) in [5, 5.41) is 14.8. The smallest absolute Gasteiger partial charge is 0.228 e. The first-order valence-corrected chi connectivity index (χ1v) is 10.5. The van der Waals surface area contributed by atoms with Gasteiger partial charge in [0.15, 0.2) is 0 Å². The molecule has 0 aliphatic heterocycles. The van der Waals surface area contributed by atoms with Gasteiger partial charge >= 0.3 is 0 Å². The minimum absolute atomic E-state index is 0.483. The van der Waals surface area contributed by atoms with Crippen LogP contribution in [0.25, 0.3) is 11.4 Å². The molecule has 0 unspecified atom stereocenters. The van der Waals surface area contributed by atoms with Crippen LogP contribution in [0.15, 0.2) is 81.9 Å². The van der Waals surface area contributed by atoms with Gasteiger partial charge in [0.2, 0.25) is 11.7 Å². The summed E-state index contributed by atoms with van der Waals surface area (Å²) in [5.74, 6) is 2.03. The molecule has 2 heterocycles. The summed E-state index contributed by atoms with van der Waals surface area (Å²) >= 11 is 0. The highest BCUT2D eigenvalue weighted by Gasteiger charge is 2.16. The van der Waals surface area contributed by atoms with E-state index in [0.717, 1.165) is 16.9 Å². The van der Waals surface area contributed by atoms with Gasteiger partial charge in [-0.1, -0.05) is 65.3 Å². The Bertz CT molecular complexity index is 1040. The predicted molar refractivity (Wildman–Crippen MR) is 118 cm³/mol. The van der Waals surface area contributed by atoms with E-state index in [9.17, 15) is 5.11 Å². The highest BCUT2D eigenvalue weighted by Crippen LogP contribution is 2.17. The maximum atomic E-state index is 10.7. The molecule has 2 aromatic carbocycles. The third-order valence-electron chi connectivity index (χ3n) is 5.16. The van der Waals surface area contributed by atoms with Crippen molar-refractivity contribution in [2.75, 3.05) is 13.1 Å². The largest absolute Gasteiger partial charge is 0.468 e. The standard InChI is InChI=1S/C25H27N3O3/c1-19-9-11-21(12-10-19)25-26-24(31-27-25)13-14-28(18-23-8-5-15-30-23)17-22(29)16-20-6-3-2-4-7-20/h2-12,15,22,29H,13-14,16-18H2,1H3/t22-/m1/s1. The second kappa shape index (κ2) is 10.2. The van der Waals surface area contributed by atoms with E-state index in [1.807, 2.05) is 73.7 Å². The molecule has 6 heteroatoms. The highest BCUT2D eigenvalue weighted by molar-refractivity contribution is 5.54. The molecule has 1 N–H and O–H groups in total. The van der Waals surface area contributed by atoms with Crippen molar-refractivity contribution in [2.45, 2.75) is 32.4 Å². The van der Waals surface area contributed by atoms with Crippen LogP contribution in [-0.2, 0) is 19.4 Å². The minimum Gasteiger partial charge on any atom is -0.468 e. The summed E-state index contributed by atoms with van der Waals surface area (Å²) in [6.45, 7) is 3.85. The average molecular weight is 418 g/mol. The van der Waals surface area contributed by atoms with Crippen molar-refractivity contribution in [3.8, 4) is 11.4 Å². The van der Waals surface area contributed by atoms with Crippen LogP contribution in [0.4, 0.5) is 0 Å². The number of aliphatic hydroxyl groups excluding tert-OH is 1. The number of nitrogens with zero attached hydrogens (tertiary/aromatic N) is 3. The normalized spacial score (nSPS) is 12.4. The number of furan rings is 1. The van der Waals surface area contributed by atoms with Crippen LogP contribution in [0.1, 0.15) is 22.8 Å². The lowest BCUT2D eigenvalue weighted by Gasteiger charge is -2.23. The van der Waals surface area contributed by atoms with E-state index in [4.69, 9.17) is 8.94 Å². The first-order chi connectivity index (χ1) is 15.2. The Morgan fingerprint density at radius 1 is 1.00 bits per heavy atom. The van der Waals surface area contributed by atoms with Gasteiger partial charge in [0.25, 0.3) is 0 Å². The predicted octanol–water partition coefficient (Wildman–Crippen LogP) is 4.29. The topological polar surface area (TPSA) is 75.5 Å². The molecule has 6 nitrogen and oxygen atoms in total. The SMILES string of the molecule is Cc1ccc(-c2noc(CCN(Cc3ccco3)C[C@H](O)Cc3ccccc3)n2)cc1. The van der Waals surface area contributed by atoms with Crippen molar-refractivity contribution in [2.24, 2.45) is 0 Å². The summed E-state index contributed by atoms with van der Waals surface area (Å²) < 4.78 is 11.0. The average Bonchev–Trinajstić information content (AvgIpc) is 3.45. The number of aliphatic hydroxyl groups is 1. The Morgan fingerprint density at radius 2 is 1.81 bits per heavy atom. The van der Waals surface area contributed by atoms with Gasteiger partial charge in [0.05, 0.1) is 18.9 Å². The van der Waals surface area contributed by atoms with Crippen molar-refractivity contribution in [1.29, 1.82) is 0 Å². The zero-order valence-electron chi connectivity index (χ0n) is 17.6. The van der Waals surface area contributed by atoms with Crippen LogP contribution < -0.4 is 0 Å². The lowest BCUT2D eigenvalue weighted by atomic mass is 10.1. The number of benzene rings is 2. The maximum Gasteiger partial charge on any atom is 0.228 e. The lowest BCUT2D eigenvalue weighted by molar-refractivity contribution is 0.104. The molecule has 0 bridgehead atoms. The molecule has 0 amide bonds. The van der Waals surface area contributed by atoms with Crippen LogP contribution in [0.3, 0.4) is 0 Å². The van der Waals surface area contributed by atoms with E-state index in [-0.39, 0.29) is 0 Å². The molecule has 0 radical (unpaired) electrons. The van der Waals surface area contributed by atoms with Crippen LogP contribution in [0.2, 0.25) is 0 Å². The molecule has 4 aromatic rings. The third kappa shape index (κ3) is 6.13. The summed E-state index contributed by atoms with van der Waals surface area (Å²) in [6.07, 6.45) is 2.38. The molecular formula is C25H27N3O3. The second-order valence-corrected chi connectivity index (χ2v) is 7.79. The van der Waals surface area contributed by atoms with Gasteiger partial charge < -0.3 is 14.0 Å². The zero-order valence-corrected chi connectivity index (χ0v) is 17.6. The quantitative estimate of drug-likeness (QED) is 0.415. The van der Waals surface area contributed by atoms with Crippen LogP contribution >= 0.6 is 0 Å². The van der Waals surface area contributed by atoms with E-state index in [1.54, 1.807) is 6.26 Å². The minimum atomic E-state index is -0.483. The molecule has 0 aliphatic rings. The van der Waals surface area contributed by atoms with Gasteiger partial charge in [0.1, 0.15) is 5.76 Å². The number of rotatable bonds is 10. The summed E-state index contributed by atoms with van der Waals surface area (Å²) in [5.41, 5.74) is 3.24. The second-order valence-electron chi connectivity index (χ2n) is 7.79. The monoisotopic (exact) mass is 417 g/mol. The first-order valence-electron chi connectivity index (χ1n) is 10.5. The summed E-state index contributed by atoms with van der Waals surface area (Å²) in [6, 6.07) is 21.9. The summed E-state index contributed by atoms with van der Waals surface area (Å²) in [4.78, 5) is 6.69. The fourth-order valence-corrected chi connectivity index (χ4v) is 3.54. The maximum absolute atomic E-state index is 10.7. The van der Waals surface area contributed by atoms with E-state index < -0.39 is 6.10 Å². The van der Waals surface area contributed by atoms with Gasteiger partial charge in [-0.2, -0.15) is 4.98 Å². The lowest BCUT2D eigenvalue weighted by Crippen LogP contribution is -2.34. The van der Waals surface area contributed by atoms with Crippen molar-refractivity contribution in [1.82, 2.24) is 15.0 Å². The molecular weight excluding hydrogens is 390 g/mol. The number of hydrogen-bond donors (Lipinski definition) is 1. The van der Waals surface area contributed by atoms with E-state index in [0.29, 0.717) is 44.2 Å². The molecule has 1 atom stereocenters. The molecule has 0 spiro atoms. The first kappa shape index (κ1) is 21.0. The van der Waals surface area contributed by atoms with E-state index in [1.165, 1.54) is 5.56 Å². The Balaban J connectivity index is 1.38. The highest BCUT2D eigenvalue weighted by atomic mass is 16.5. The molecule has 0 fully saturated rings. The van der Waals surface area contributed by atoms with Gasteiger partial charge in [-0.3, -0.25) is 4.90 Å². The Morgan fingerprint density at radius 3 is 2.55 bits per heavy atom. The molecule has 0 saturated carbocycles. The van der Waals surface area contributed by atoms with E-state index in [2.05, 4.69) is 15.0 Å². The Labute approximate surface area is 182 Å². The zero-order chi connectivity index (χ0) is 21.5. The molecule has 0 saturated heterocycles. The van der Waals surface area contributed by atoms with E-state index >= 15 is 0 Å². The van der Waals surface area contributed by atoms with Gasteiger partial charge in [-0.15, -0.1) is 0 Å². The number of aromatic nitrogens is 2. The third-order valence-corrected chi connectivity index (χ3v) is 5.16. The van der Waals surface area contributed by atoms with Crippen molar-refractivity contribution < 1.29 is 14.0 Å². The fraction of sp³-hybridized carbons (Fsp3) is 0.280. The molecule has 31 heavy (non-hydrogen) atoms. The molecule has 2 aromatic heterocycles. The van der Waals surface area contributed by atoms with Crippen LogP contribution in [-0.4, -0.2) is 39.3 Å². The van der Waals surface area contributed by atoms with Gasteiger partial charge in [0, 0.05) is 25.1 Å². The molecule has 4 rings (SSSR count). The Kier molecular flexibility index (Phi) is 6.92. The number of hydrogen-bond acceptors (Lipinski definition) is 6. The summed E-state index contributed by atoms with van der Waals surface area (Å²) in [7, 11) is 0. The molecule has 160 valence electrons. The van der Waals surface area contributed by atoms with Gasteiger partial charge in [-0.25, -0.2) is 0 Å². The number of aryl methyl sites for hydroxylation is 1. The van der Waals surface area contributed by atoms with Gasteiger partial charge in [-0.05, 0) is 31.0 Å². The van der Waals surface area contributed by atoms with Crippen molar-refractivity contribution in [3.05, 3.63) is 95.8 Å². The van der Waals surface area contributed by atoms with Crippen LogP contribution in [0, 0.1) is 6.92 Å². The van der Waals surface area contributed by atoms with Crippen molar-refractivity contribution in [3.63, 3.8) is 0 Å².